The van der Waals surface area contributed by atoms with Crippen LogP contribution in [0.25, 0.3) is 10.7 Å². The Morgan fingerprint density at radius 3 is 2.60 bits per heavy atom. The maximum absolute atomic E-state index is 12.7. The standard InChI is InChI=1S/C17H12F3N7O2S/c1-28-14-8-22-7-13(24-14)27(12-6-21-4-5-23-12)9-10-2-3-11(30-10)15-25-16(29-26-15)17(18,19)20/h2-8H,9H2,1H3. The Bertz CT molecular complexity index is 1130. The largest absolute Gasteiger partial charge is 0.480 e. The van der Waals surface area contributed by atoms with E-state index in [0.717, 1.165) is 4.88 Å². The highest BCUT2D eigenvalue weighted by Crippen LogP contribution is 2.33. The third kappa shape index (κ3) is 4.20. The van der Waals surface area contributed by atoms with Crippen LogP contribution in [-0.4, -0.2) is 37.2 Å². The summed E-state index contributed by atoms with van der Waals surface area (Å²) in [7, 11) is 1.48. The van der Waals surface area contributed by atoms with E-state index >= 15 is 0 Å². The van der Waals surface area contributed by atoms with Gasteiger partial charge in [-0.15, -0.1) is 11.3 Å². The summed E-state index contributed by atoms with van der Waals surface area (Å²) in [6, 6.07) is 3.37. The lowest BCUT2D eigenvalue weighted by Gasteiger charge is -2.21. The monoisotopic (exact) mass is 435 g/mol. The minimum absolute atomic E-state index is 0.134. The van der Waals surface area contributed by atoms with Crippen molar-refractivity contribution in [3.05, 3.63) is 53.9 Å². The quantitative estimate of drug-likeness (QED) is 0.448. The van der Waals surface area contributed by atoms with E-state index in [-0.39, 0.29) is 5.82 Å². The molecule has 0 aliphatic rings. The van der Waals surface area contributed by atoms with Gasteiger partial charge in [-0.2, -0.15) is 23.1 Å². The number of nitrogens with zero attached hydrogens (tertiary/aromatic N) is 7. The molecule has 0 spiro atoms. The molecular weight excluding hydrogens is 423 g/mol. The van der Waals surface area contributed by atoms with Crippen LogP contribution in [0.3, 0.4) is 0 Å². The molecule has 0 aromatic carbocycles. The molecule has 0 aliphatic heterocycles. The van der Waals surface area contributed by atoms with Crippen LogP contribution in [0.1, 0.15) is 10.8 Å². The van der Waals surface area contributed by atoms with Gasteiger partial charge in [-0.1, -0.05) is 5.16 Å². The van der Waals surface area contributed by atoms with Gasteiger partial charge in [0.15, 0.2) is 11.6 Å². The van der Waals surface area contributed by atoms with Crippen LogP contribution in [0.5, 0.6) is 5.88 Å². The Morgan fingerprint density at radius 2 is 1.90 bits per heavy atom. The van der Waals surface area contributed by atoms with Gasteiger partial charge in [0.25, 0.3) is 0 Å². The van der Waals surface area contributed by atoms with Gasteiger partial charge in [0.2, 0.25) is 11.7 Å². The summed E-state index contributed by atoms with van der Waals surface area (Å²) in [6.07, 6.45) is 2.95. The zero-order valence-electron chi connectivity index (χ0n) is 15.2. The first-order chi connectivity index (χ1) is 14.4. The molecule has 0 radical (unpaired) electrons. The van der Waals surface area contributed by atoms with Gasteiger partial charge in [0, 0.05) is 17.3 Å². The molecule has 0 saturated heterocycles. The fourth-order valence-corrected chi connectivity index (χ4v) is 3.38. The third-order valence-corrected chi connectivity index (χ3v) is 4.84. The number of alkyl halides is 3. The van der Waals surface area contributed by atoms with Crippen molar-refractivity contribution in [3.8, 4) is 16.6 Å². The average molecular weight is 435 g/mol. The van der Waals surface area contributed by atoms with E-state index in [1.165, 1.54) is 37.0 Å². The molecule has 30 heavy (non-hydrogen) atoms. The summed E-state index contributed by atoms with van der Waals surface area (Å²) in [5, 5.41) is 3.41. The van der Waals surface area contributed by atoms with Gasteiger partial charge >= 0.3 is 12.1 Å². The average Bonchev–Trinajstić information content (AvgIpc) is 3.42. The summed E-state index contributed by atoms with van der Waals surface area (Å²) in [5.41, 5.74) is 0. The van der Waals surface area contributed by atoms with E-state index in [1.807, 2.05) is 0 Å². The van der Waals surface area contributed by atoms with Gasteiger partial charge in [-0.05, 0) is 12.1 Å². The number of halogens is 3. The zero-order valence-corrected chi connectivity index (χ0v) is 16.1. The highest BCUT2D eigenvalue weighted by molar-refractivity contribution is 7.15. The molecular formula is C17H12F3N7O2S. The second-order valence-electron chi connectivity index (χ2n) is 5.76. The normalized spacial score (nSPS) is 11.5. The van der Waals surface area contributed by atoms with Crippen molar-refractivity contribution in [2.24, 2.45) is 0 Å². The molecule has 4 aromatic heterocycles. The van der Waals surface area contributed by atoms with Gasteiger partial charge in [0.1, 0.15) is 0 Å². The fourth-order valence-electron chi connectivity index (χ4n) is 2.45. The number of methoxy groups -OCH3 is 1. The topological polar surface area (TPSA) is 103 Å². The van der Waals surface area contributed by atoms with Gasteiger partial charge in [-0.25, -0.2) is 4.98 Å². The van der Waals surface area contributed by atoms with E-state index in [9.17, 15) is 13.2 Å². The number of thiophene rings is 1. The smallest absolute Gasteiger partial charge is 0.471 e. The van der Waals surface area contributed by atoms with Crippen LogP contribution in [0, 0.1) is 0 Å². The Labute approximate surface area is 171 Å². The van der Waals surface area contributed by atoms with Gasteiger partial charge < -0.3 is 14.2 Å². The Balaban J connectivity index is 1.63. The van der Waals surface area contributed by atoms with E-state index in [2.05, 4.69) is 34.6 Å². The number of aromatic nitrogens is 6. The van der Waals surface area contributed by atoms with Crippen molar-refractivity contribution in [2.45, 2.75) is 12.7 Å². The lowest BCUT2D eigenvalue weighted by molar-refractivity contribution is -0.159. The second-order valence-corrected chi connectivity index (χ2v) is 6.92. The minimum atomic E-state index is -4.70. The minimum Gasteiger partial charge on any atom is -0.480 e. The number of anilines is 2. The maximum Gasteiger partial charge on any atom is 0.471 e. The van der Waals surface area contributed by atoms with Crippen LogP contribution in [-0.2, 0) is 12.7 Å². The first-order valence-corrected chi connectivity index (χ1v) is 9.15. The van der Waals surface area contributed by atoms with Crippen LogP contribution >= 0.6 is 11.3 Å². The van der Waals surface area contributed by atoms with Crippen LogP contribution in [0.15, 0.2) is 47.6 Å². The second kappa shape index (κ2) is 8.02. The Kier molecular flexibility index (Phi) is 5.27. The highest BCUT2D eigenvalue weighted by Gasteiger charge is 2.38. The van der Waals surface area contributed by atoms with Gasteiger partial charge in [-0.3, -0.25) is 9.97 Å². The van der Waals surface area contributed by atoms with Gasteiger partial charge in [0.05, 0.1) is 37.1 Å². The number of ether oxygens (including phenoxy) is 1. The van der Waals surface area contributed by atoms with Crippen LogP contribution in [0.4, 0.5) is 24.8 Å². The molecule has 4 rings (SSSR count). The third-order valence-electron chi connectivity index (χ3n) is 3.78. The van der Waals surface area contributed by atoms with E-state index in [0.29, 0.717) is 28.9 Å². The molecule has 0 atom stereocenters. The zero-order chi connectivity index (χ0) is 21.1. The molecule has 0 aliphatic carbocycles. The predicted molar refractivity (Wildman–Crippen MR) is 99.1 cm³/mol. The van der Waals surface area contributed by atoms with Crippen molar-refractivity contribution < 1.29 is 22.4 Å². The molecule has 0 bridgehead atoms. The first kappa shape index (κ1) is 19.7. The predicted octanol–water partition coefficient (Wildman–Crippen LogP) is 3.74. The molecule has 0 fully saturated rings. The maximum atomic E-state index is 12.7. The Hall–Kier alpha value is -3.61. The summed E-state index contributed by atoms with van der Waals surface area (Å²) in [6.45, 7) is 0.301. The molecule has 9 nitrogen and oxygen atoms in total. The summed E-state index contributed by atoms with van der Waals surface area (Å²) >= 11 is 1.22. The fraction of sp³-hybridized carbons (Fsp3) is 0.176. The summed E-state index contributed by atoms with van der Waals surface area (Å²) < 4.78 is 47.5. The summed E-state index contributed by atoms with van der Waals surface area (Å²) in [5.74, 6) is -0.233. The highest BCUT2D eigenvalue weighted by atomic mass is 32.1. The molecule has 4 heterocycles. The van der Waals surface area contributed by atoms with Crippen molar-refractivity contribution in [1.82, 2.24) is 30.1 Å². The lowest BCUT2D eigenvalue weighted by atomic mass is 10.3. The molecule has 0 N–H and O–H groups in total. The molecule has 154 valence electrons. The number of hydrogen-bond donors (Lipinski definition) is 0. The Morgan fingerprint density at radius 1 is 1.07 bits per heavy atom. The molecule has 0 unspecified atom stereocenters. The van der Waals surface area contributed by atoms with E-state index in [1.54, 1.807) is 29.4 Å². The number of hydrogen-bond acceptors (Lipinski definition) is 10. The first-order valence-electron chi connectivity index (χ1n) is 8.33. The van der Waals surface area contributed by atoms with Crippen LogP contribution < -0.4 is 9.64 Å². The molecule has 4 aromatic rings. The van der Waals surface area contributed by atoms with Crippen molar-refractivity contribution in [3.63, 3.8) is 0 Å². The number of rotatable bonds is 6. The SMILES string of the molecule is COc1cncc(N(Cc2ccc(-c3noc(C(F)(F)F)n3)s2)c2cnccn2)n1. The van der Waals surface area contributed by atoms with Crippen molar-refractivity contribution >= 4 is 23.0 Å². The van der Waals surface area contributed by atoms with Crippen LogP contribution in [0.2, 0.25) is 0 Å². The lowest BCUT2D eigenvalue weighted by Crippen LogP contribution is -2.18. The summed E-state index contributed by atoms with van der Waals surface area (Å²) in [4.78, 5) is 23.2. The molecule has 0 amide bonds. The van der Waals surface area contributed by atoms with E-state index < -0.39 is 12.1 Å². The van der Waals surface area contributed by atoms with Crippen molar-refractivity contribution in [2.75, 3.05) is 12.0 Å². The molecule has 13 heteroatoms. The van der Waals surface area contributed by atoms with Crippen molar-refractivity contribution in [1.29, 1.82) is 0 Å². The van der Waals surface area contributed by atoms with E-state index in [4.69, 9.17) is 4.74 Å². The molecule has 0 saturated carbocycles.